The Labute approximate surface area is 101 Å². The van der Waals surface area contributed by atoms with Gasteiger partial charge in [0.25, 0.3) is 10.0 Å². The van der Waals surface area contributed by atoms with Gasteiger partial charge in [0.1, 0.15) is 10.7 Å². The van der Waals surface area contributed by atoms with E-state index in [0.29, 0.717) is 11.5 Å². The third-order valence-corrected chi connectivity index (χ3v) is 4.74. The van der Waals surface area contributed by atoms with Crippen LogP contribution in [0.1, 0.15) is 25.7 Å². The maximum Gasteiger partial charge on any atom is 0.286 e. The zero-order valence-electron chi connectivity index (χ0n) is 9.39. The van der Waals surface area contributed by atoms with Gasteiger partial charge in [-0.25, -0.2) is 0 Å². The zero-order valence-corrected chi connectivity index (χ0v) is 10.2. The van der Waals surface area contributed by atoms with Gasteiger partial charge in [0.2, 0.25) is 0 Å². The van der Waals surface area contributed by atoms with Gasteiger partial charge in [-0.15, -0.1) is 4.40 Å². The molecule has 1 aliphatic heterocycles. The summed E-state index contributed by atoms with van der Waals surface area (Å²) in [6, 6.07) is 6.93. The van der Waals surface area contributed by atoms with Crippen molar-refractivity contribution >= 4 is 21.5 Å². The quantitative estimate of drug-likeness (QED) is 0.832. The lowest BCUT2D eigenvalue weighted by atomic mass is 10.1. The van der Waals surface area contributed by atoms with E-state index >= 15 is 0 Å². The summed E-state index contributed by atoms with van der Waals surface area (Å²) >= 11 is 0. The fraction of sp³-hybridized carbons (Fsp3) is 0.417. The molecule has 1 N–H and O–H groups in total. The molecule has 17 heavy (non-hydrogen) atoms. The van der Waals surface area contributed by atoms with Crippen LogP contribution in [-0.4, -0.2) is 14.3 Å². The maximum absolute atomic E-state index is 12.0. The Hall–Kier alpha value is -1.36. The number of sulfonamides is 1. The number of hydrogen-bond donors (Lipinski definition) is 1. The Morgan fingerprint density at radius 3 is 2.65 bits per heavy atom. The molecule has 0 spiro atoms. The minimum Gasteiger partial charge on any atom is -0.342 e. The third kappa shape index (κ3) is 1.84. The Kier molecular flexibility index (Phi) is 2.43. The summed E-state index contributed by atoms with van der Waals surface area (Å²) < 4.78 is 27.9. The fourth-order valence-corrected chi connectivity index (χ4v) is 3.71. The lowest BCUT2D eigenvalue weighted by Gasteiger charge is -2.21. The molecular weight excluding hydrogens is 236 g/mol. The largest absolute Gasteiger partial charge is 0.342 e. The average Bonchev–Trinajstić information content (AvgIpc) is 2.81. The minimum absolute atomic E-state index is 0.276. The Morgan fingerprint density at radius 2 is 1.88 bits per heavy atom. The summed E-state index contributed by atoms with van der Waals surface area (Å²) in [5.74, 6) is 0.902. The van der Waals surface area contributed by atoms with Crippen molar-refractivity contribution in [2.24, 2.45) is 10.3 Å². The molecule has 1 heterocycles. The number of amidine groups is 1. The van der Waals surface area contributed by atoms with Crippen LogP contribution in [0.2, 0.25) is 0 Å². The summed E-state index contributed by atoms with van der Waals surface area (Å²) in [6.45, 7) is 0. The van der Waals surface area contributed by atoms with Crippen molar-refractivity contribution in [1.29, 1.82) is 0 Å². The van der Waals surface area contributed by atoms with E-state index in [1.165, 1.54) is 0 Å². The molecule has 2 aliphatic rings. The van der Waals surface area contributed by atoms with Crippen molar-refractivity contribution in [3.63, 3.8) is 0 Å². The van der Waals surface area contributed by atoms with Gasteiger partial charge >= 0.3 is 0 Å². The van der Waals surface area contributed by atoms with Crippen LogP contribution in [0, 0.1) is 5.92 Å². The second kappa shape index (κ2) is 3.84. The minimum atomic E-state index is -3.50. The highest BCUT2D eigenvalue weighted by Crippen LogP contribution is 2.32. The fourth-order valence-electron chi connectivity index (χ4n) is 2.51. The third-order valence-electron chi connectivity index (χ3n) is 3.39. The van der Waals surface area contributed by atoms with Crippen molar-refractivity contribution in [2.75, 3.05) is 5.32 Å². The predicted octanol–water partition coefficient (Wildman–Crippen LogP) is 2.39. The highest BCUT2D eigenvalue weighted by Gasteiger charge is 2.29. The molecular formula is C12H14N2O2S. The number of nitrogens with zero attached hydrogens (tertiary/aromatic N) is 1. The average molecular weight is 250 g/mol. The molecule has 0 amide bonds. The van der Waals surface area contributed by atoms with Crippen molar-refractivity contribution in [2.45, 2.75) is 30.6 Å². The van der Waals surface area contributed by atoms with E-state index in [9.17, 15) is 8.42 Å². The number of benzene rings is 1. The first-order chi connectivity index (χ1) is 8.17. The standard InChI is InChI=1S/C12H14N2O2S/c15-17(16)11-8-4-3-7-10(11)13-12(14-17)9-5-1-2-6-9/h3-4,7-9H,1-2,5-6H2,(H,13,14). The molecule has 0 bridgehead atoms. The SMILES string of the molecule is O=S1(=O)N=C(C2CCCC2)Nc2ccccc21. The van der Waals surface area contributed by atoms with E-state index in [0.717, 1.165) is 25.7 Å². The highest BCUT2D eigenvalue weighted by molar-refractivity contribution is 7.90. The molecule has 1 fully saturated rings. The van der Waals surface area contributed by atoms with Crippen molar-refractivity contribution in [1.82, 2.24) is 0 Å². The van der Waals surface area contributed by atoms with Crippen LogP contribution in [-0.2, 0) is 10.0 Å². The summed E-state index contributed by atoms with van der Waals surface area (Å²) in [5.41, 5.74) is 0.657. The van der Waals surface area contributed by atoms with Gasteiger partial charge in [-0.05, 0) is 25.0 Å². The van der Waals surface area contributed by atoms with Crippen LogP contribution in [0.3, 0.4) is 0 Å². The Balaban J connectivity index is 2.04. The number of anilines is 1. The van der Waals surface area contributed by atoms with Crippen LogP contribution in [0.5, 0.6) is 0 Å². The molecule has 0 unspecified atom stereocenters. The Bertz CT molecular complexity index is 572. The van der Waals surface area contributed by atoms with Crippen molar-refractivity contribution < 1.29 is 8.42 Å². The van der Waals surface area contributed by atoms with Gasteiger partial charge in [-0.3, -0.25) is 0 Å². The van der Waals surface area contributed by atoms with Crippen molar-refractivity contribution in [3.8, 4) is 0 Å². The van der Waals surface area contributed by atoms with Crippen molar-refractivity contribution in [3.05, 3.63) is 24.3 Å². The number of para-hydroxylation sites is 1. The second-order valence-electron chi connectivity index (χ2n) is 4.55. The highest BCUT2D eigenvalue weighted by atomic mass is 32.2. The molecule has 4 nitrogen and oxygen atoms in total. The van der Waals surface area contributed by atoms with Gasteiger partial charge in [0.15, 0.2) is 0 Å². The molecule has 0 aromatic heterocycles. The molecule has 5 heteroatoms. The smallest absolute Gasteiger partial charge is 0.286 e. The van der Waals surface area contributed by atoms with Gasteiger partial charge in [0.05, 0.1) is 5.69 Å². The molecule has 90 valence electrons. The lowest BCUT2D eigenvalue weighted by Crippen LogP contribution is -2.27. The first kappa shape index (κ1) is 10.8. The van der Waals surface area contributed by atoms with Crippen LogP contribution in [0.25, 0.3) is 0 Å². The zero-order chi connectivity index (χ0) is 11.9. The topological polar surface area (TPSA) is 58.5 Å². The van der Waals surface area contributed by atoms with Gasteiger partial charge in [-0.2, -0.15) is 8.42 Å². The molecule has 1 aromatic carbocycles. The summed E-state index contributed by atoms with van der Waals surface area (Å²) in [7, 11) is -3.50. The molecule has 1 aromatic rings. The number of rotatable bonds is 1. The van der Waals surface area contributed by atoms with Gasteiger partial charge in [0, 0.05) is 5.92 Å². The Morgan fingerprint density at radius 1 is 1.18 bits per heavy atom. The predicted molar refractivity (Wildman–Crippen MR) is 66.6 cm³/mol. The summed E-state index contributed by atoms with van der Waals surface area (Å²) in [5, 5.41) is 3.17. The van der Waals surface area contributed by atoms with E-state index in [1.54, 1.807) is 18.2 Å². The first-order valence-corrected chi connectivity index (χ1v) is 7.32. The second-order valence-corrected chi connectivity index (χ2v) is 6.13. The maximum atomic E-state index is 12.0. The number of fused-ring (bicyclic) bond motifs is 1. The van der Waals surface area contributed by atoms with Crippen LogP contribution < -0.4 is 5.32 Å². The van der Waals surface area contributed by atoms with Gasteiger partial charge in [-0.1, -0.05) is 25.0 Å². The number of hydrogen-bond acceptors (Lipinski definition) is 3. The molecule has 0 radical (unpaired) electrons. The van der Waals surface area contributed by atoms with E-state index in [4.69, 9.17) is 0 Å². The van der Waals surface area contributed by atoms with Crippen LogP contribution >= 0.6 is 0 Å². The van der Waals surface area contributed by atoms with E-state index in [2.05, 4.69) is 9.71 Å². The molecule has 1 aliphatic carbocycles. The van der Waals surface area contributed by atoms with Gasteiger partial charge < -0.3 is 5.32 Å². The normalized spacial score (nSPS) is 22.7. The molecule has 0 saturated heterocycles. The van der Waals surface area contributed by atoms with E-state index < -0.39 is 10.0 Å². The van der Waals surface area contributed by atoms with Crippen LogP contribution in [0.4, 0.5) is 5.69 Å². The van der Waals surface area contributed by atoms with E-state index in [1.807, 2.05) is 6.07 Å². The number of nitrogens with one attached hydrogen (secondary N) is 1. The molecule has 3 rings (SSSR count). The summed E-state index contributed by atoms with van der Waals surface area (Å²) in [6.07, 6.45) is 4.38. The lowest BCUT2D eigenvalue weighted by molar-refractivity contribution is 0.596. The summed E-state index contributed by atoms with van der Waals surface area (Å²) in [4.78, 5) is 0.279. The monoisotopic (exact) mass is 250 g/mol. The molecule has 1 saturated carbocycles. The van der Waals surface area contributed by atoms with E-state index in [-0.39, 0.29) is 10.8 Å². The molecule has 0 atom stereocenters. The first-order valence-electron chi connectivity index (χ1n) is 5.88. The van der Waals surface area contributed by atoms with Crippen LogP contribution in [0.15, 0.2) is 33.6 Å².